The van der Waals surface area contributed by atoms with E-state index in [1.54, 1.807) is 0 Å². The molecule has 0 fully saturated rings. The monoisotopic (exact) mass is 334 g/mol. The summed E-state index contributed by atoms with van der Waals surface area (Å²) in [5.41, 5.74) is 8.79. The van der Waals surface area contributed by atoms with Crippen LogP contribution in [0.25, 0.3) is 11.4 Å². The summed E-state index contributed by atoms with van der Waals surface area (Å²) in [6.45, 7) is 1.01. The van der Waals surface area contributed by atoms with E-state index in [2.05, 4.69) is 24.8 Å². The normalized spacial score (nSPS) is 13.3. The fraction of sp³-hybridized carbons (Fsp3) is 0.222. The summed E-state index contributed by atoms with van der Waals surface area (Å²) in [5, 5.41) is 2.79. The van der Waals surface area contributed by atoms with Crippen LogP contribution in [0.15, 0.2) is 42.9 Å². The second kappa shape index (κ2) is 6.35. The molecule has 0 unspecified atom stereocenters. The number of nitrogens with one attached hydrogen (secondary N) is 1. The van der Waals surface area contributed by atoms with E-state index in [0.29, 0.717) is 5.69 Å². The fourth-order valence-electron chi connectivity index (χ4n) is 3.08. The first-order valence-corrected chi connectivity index (χ1v) is 8.25. The molecule has 25 heavy (non-hydrogen) atoms. The number of amides is 1. The lowest BCUT2D eigenvalue weighted by molar-refractivity contribution is 0.102. The Morgan fingerprint density at radius 1 is 1.08 bits per heavy atom. The van der Waals surface area contributed by atoms with Crippen molar-refractivity contribution in [3.05, 3.63) is 54.2 Å². The van der Waals surface area contributed by atoms with Crippen molar-refractivity contribution in [2.24, 2.45) is 0 Å². The quantitative estimate of drug-likeness (QED) is 0.767. The molecular weight excluding hydrogens is 316 g/mol. The number of benzene rings is 1. The number of fused-ring (bicyclic) bond motifs is 1. The van der Waals surface area contributed by atoms with Gasteiger partial charge in [0, 0.05) is 42.1 Å². The first kappa shape index (κ1) is 15.3. The van der Waals surface area contributed by atoms with Crippen LogP contribution in [0.4, 0.5) is 11.5 Å². The van der Waals surface area contributed by atoms with Crippen molar-refractivity contribution >= 4 is 17.4 Å². The van der Waals surface area contributed by atoms with Gasteiger partial charge >= 0.3 is 0 Å². The summed E-state index contributed by atoms with van der Waals surface area (Å²) in [6.07, 6.45) is 8.34. The smallest absolute Gasteiger partial charge is 0.278 e. The minimum Gasteiger partial charge on any atom is -0.382 e. The maximum atomic E-state index is 12.2. The predicted octanol–water partition coefficient (Wildman–Crippen LogP) is 2.51. The maximum Gasteiger partial charge on any atom is 0.278 e. The molecule has 0 saturated carbocycles. The van der Waals surface area contributed by atoms with Crippen LogP contribution in [0.2, 0.25) is 0 Å². The average Bonchev–Trinajstić information content (AvgIpc) is 3.07. The number of carbonyl (C=O) groups excluding carboxylic acids is 1. The van der Waals surface area contributed by atoms with Crippen LogP contribution in [0.1, 0.15) is 29.0 Å². The van der Waals surface area contributed by atoms with E-state index in [9.17, 15) is 4.79 Å². The third kappa shape index (κ3) is 2.96. The number of hydrogen-bond acceptors (Lipinski definition) is 5. The molecule has 1 amide bonds. The van der Waals surface area contributed by atoms with Gasteiger partial charge in [-0.25, -0.2) is 15.0 Å². The Kier molecular flexibility index (Phi) is 3.89. The lowest BCUT2D eigenvalue weighted by Crippen LogP contribution is -2.16. The van der Waals surface area contributed by atoms with Crippen molar-refractivity contribution in [3.8, 4) is 11.4 Å². The highest BCUT2D eigenvalue weighted by atomic mass is 16.1. The fourth-order valence-corrected chi connectivity index (χ4v) is 3.08. The highest BCUT2D eigenvalue weighted by molar-refractivity contribution is 6.05. The van der Waals surface area contributed by atoms with Gasteiger partial charge in [0.15, 0.2) is 11.5 Å². The van der Waals surface area contributed by atoms with E-state index in [-0.39, 0.29) is 17.4 Å². The van der Waals surface area contributed by atoms with Crippen LogP contribution < -0.4 is 11.1 Å². The van der Waals surface area contributed by atoms with E-state index in [0.717, 1.165) is 24.4 Å². The summed E-state index contributed by atoms with van der Waals surface area (Å²) in [7, 11) is 0. The summed E-state index contributed by atoms with van der Waals surface area (Å²) < 4.78 is 2.28. The van der Waals surface area contributed by atoms with Crippen molar-refractivity contribution in [1.29, 1.82) is 0 Å². The van der Waals surface area contributed by atoms with Gasteiger partial charge in [-0.05, 0) is 43.5 Å². The number of nitrogens with zero attached hydrogens (tertiary/aromatic N) is 4. The third-order valence-corrected chi connectivity index (χ3v) is 4.35. The van der Waals surface area contributed by atoms with Gasteiger partial charge in [0.1, 0.15) is 5.82 Å². The van der Waals surface area contributed by atoms with E-state index < -0.39 is 0 Å². The number of imidazole rings is 1. The highest BCUT2D eigenvalue weighted by Crippen LogP contribution is 2.25. The lowest BCUT2D eigenvalue weighted by atomic mass is 10.1. The lowest BCUT2D eigenvalue weighted by Gasteiger charge is -2.16. The number of aryl methyl sites for hydroxylation is 1. The van der Waals surface area contributed by atoms with Crippen LogP contribution in [-0.2, 0) is 13.0 Å². The van der Waals surface area contributed by atoms with Gasteiger partial charge in [0.05, 0.1) is 0 Å². The third-order valence-electron chi connectivity index (χ3n) is 4.35. The summed E-state index contributed by atoms with van der Waals surface area (Å²) >= 11 is 0. The Morgan fingerprint density at radius 2 is 1.88 bits per heavy atom. The molecule has 7 nitrogen and oxygen atoms in total. The van der Waals surface area contributed by atoms with Crippen molar-refractivity contribution in [2.75, 3.05) is 11.1 Å². The average molecular weight is 334 g/mol. The number of anilines is 2. The maximum absolute atomic E-state index is 12.2. The molecule has 0 atom stereocenters. The zero-order valence-electron chi connectivity index (χ0n) is 13.6. The molecule has 0 saturated heterocycles. The van der Waals surface area contributed by atoms with E-state index in [1.807, 2.05) is 30.5 Å². The van der Waals surface area contributed by atoms with Gasteiger partial charge in [-0.1, -0.05) is 0 Å². The Bertz CT molecular complexity index is 916. The number of hydrogen-bond donors (Lipinski definition) is 2. The van der Waals surface area contributed by atoms with Crippen molar-refractivity contribution in [2.45, 2.75) is 25.8 Å². The summed E-state index contributed by atoms with van der Waals surface area (Å²) in [5.74, 6) is 0.711. The number of rotatable bonds is 3. The number of aromatic nitrogens is 4. The molecule has 1 aliphatic rings. The largest absolute Gasteiger partial charge is 0.382 e. The van der Waals surface area contributed by atoms with E-state index in [4.69, 9.17) is 5.73 Å². The van der Waals surface area contributed by atoms with Crippen LogP contribution in [0, 0.1) is 0 Å². The van der Waals surface area contributed by atoms with Crippen LogP contribution in [0.3, 0.4) is 0 Å². The molecule has 3 N–H and O–H groups in total. The molecule has 4 rings (SSSR count). The Hall–Kier alpha value is -3.22. The van der Waals surface area contributed by atoms with Gasteiger partial charge in [0.25, 0.3) is 5.91 Å². The first-order valence-electron chi connectivity index (χ1n) is 8.25. The topological polar surface area (TPSA) is 98.7 Å². The summed E-state index contributed by atoms with van der Waals surface area (Å²) in [4.78, 5) is 24.6. The number of carbonyl (C=O) groups is 1. The number of nitrogen functional groups attached to an aromatic ring is 1. The number of nitrogens with two attached hydrogens (primary N) is 1. The Morgan fingerprint density at radius 3 is 2.68 bits per heavy atom. The second-order valence-corrected chi connectivity index (χ2v) is 6.00. The minimum absolute atomic E-state index is 0.112. The Balaban J connectivity index is 1.54. The molecule has 2 aromatic heterocycles. The molecule has 0 radical (unpaired) electrons. The van der Waals surface area contributed by atoms with Gasteiger partial charge in [0.2, 0.25) is 0 Å². The molecule has 1 aliphatic heterocycles. The van der Waals surface area contributed by atoms with Gasteiger partial charge in [-0.3, -0.25) is 4.79 Å². The van der Waals surface area contributed by atoms with Gasteiger partial charge < -0.3 is 15.6 Å². The second-order valence-electron chi connectivity index (χ2n) is 6.00. The van der Waals surface area contributed by atoms with Crippen molar-refractivity contribution < 1.29 is 4.79 Å². The van der Waals surface area contributed by atoms with Crippen molar-refractivity contribution in [3.63, 3.8) is 0 Å². The highest BCUT2D eigenvalue weighted by Gasteiger charge is 2.16. The van der Waals surface area contributed by atoms with Crippen LogP contribution in [0.5, 0.6) is 0 Å². The zero-order chi connectivity index (χ0) is 17.2. The van der Waals surface area contributed by atoms with Gasteiger partial charge in [-0.2, -0.15) is 0 Å². The SMILES string of the molecule is Nc1nccnc1C(=O)Nc1ccc(-c2ncc3n2CCCC3)cc1. The molecule has 0 aliphatic carbocycles. The van der Waals surface area contributed by atoms with E-state index in [1.165, 1.54) is 30.9 Å². The molecule has 1 aromatic carbocycles. The molecule has 3 heterocycles. The molecule has 3 aromatic rings. The zero-order valence-corrected chi connectivity index (χ0v) is 13.6. The standard InChI is InChI=1S/C18H18N6O/c19-16-15(20-8-9-21-16)18(25)23-13-6-4-12(5-7-13)17-22-11-14-3-1-2-10-24(14)17/h4-9,11H,1-3,10H2,(H2,19,21)(H,23,25). The molecule has 7 heteroatoms. The molecular formula is C18H18N6O. The Labute approximate surface area is 144 Å². The van der Waals surface area contributed by atoms with Crippen LogP contribution in [-0.4, -0.2) is 25.4 Å². The minimum atomic E-state index is -0.378. The van der Waals surface area contributed by atoms with Gasteiger partial charge in [-0.15, -0.1) is 0 Å². The summed E-state index contributed by atoms with van der Waals surface area (Å²) in [6, 6.07) is 7.62. The van der Waals surface area contributed by atoms with Crippen LogP contribution >= 0.6 is 0 Å². The first-order chi connectivity index (χ1) is 12.2. The molecule has 0 spiro atoms. The molecule has 126 valence electrons. The molecule has 0 bridgehead atoms. The predicted molar refractivity (Wildman–Crippen MR) is 95.0 cm³/mol. The van der Waals surface area contributed by atoms with Crippen molar-refractivity contribution in [1.82, 2.24) is 19.5 Å². The van der Waals surface area contributed by atoms with E-state index >= 15 is 0 Å².